The van der Waals surface area contributed by atoms with Crippen LogP contribution < -0.4 is 19.8 Å². The van der Waals surface area contributed by atoms with Gasteiger partial charge in [-0.2, -0.15) is 4.31 Å². The van der Waals surface area contributed by atoms with Crippen LogP contribution in [0.3, 0.4) is 0 Å². The van der Waals surface area contributed by atoms with Crippen LogP contribution in [0.4, 0.5) is 0 Å². The quantitative estimate of drug-likeness (QED) is 0.341. The van der Waals surface area contributed by atoms with Gasteiger partial charge in [-0.3, -0.25) is 4.79 Å². The molecule has 188 valence electrons. The van der Waals surface area contributed by atoms with Gasteiger partial charge < -0.3 is 19.2 Å². The van der Waals surface area contributed by atoms with E-state index in [0.29, 0.717) is 28.2 Å². The van der Waals surface area contributed by atoms with Crippen LogP contribution in [0.1, 0.15) is 11.1 Å². The van der Waals surface area contributed by atoms with E-state index in [1.807, 2.05) is 0 Å². The zero-order valence-corrected chi connectivity index (χ0v) is 21.5. The third-order valence-corrected chi connectivity index (χ3v) is 8.04. The molecule has 0 fully saturated rings. The molecule has 0 saturated carbocycles. The number of H-pyrrole nitrogens is 1. The molecule has 0 unspecified atom stereocenters. The molecule has 0 amide bonds. The standard InChI is InChI=1S/C26H25ClN2O6S/c1-33-20-10-8-17(9-11-20)15-29(36(31,32)25-7-5-4-6-21(25)27)16-19-12-18-13-23(34-2)24(35-3)14-22(18)28-26(19)30/h4-14H,15-16H2,1-3H3,(H,28,30). The molecule has 0 aliphatic heterocycles. The van der Waals surface area contributed by atoms with E-state index in [4.69, 9.17) is 25.8 Å². The Morgan fingerprint density at radius 2 is 1.53 bits per heavy atom. The normalized spacial score (nSPS) is 11.6. The second-order valence-electron chi connectivity index (χ2n) is 7.97. The maximum Gasteiger partial charge on any atom is 0.252 e. The van der Waals surface area contributed by atoms with Crippen LogP contribution in [0.5, 0.6) is 17.2 Å². The van der Waals surface area contributed by atoms with Gasteiger partial charge in [0.15, 0.2) is 11.5 Å². The fraction of sp³-hybridized carbons (Fsp3) is 0.192. The number of fused-ring (bicyclic) bond motifs is 1. The summed E-state index contributed by atoms with van der Waals surface area (Å²) in [7, 11) is 0.514. The fourth-order valence-corrected chi connectivity index (χ4v) is 5.74. The molecule has 1 aromatic heterocycles. The van der Waals surface area contributed by atoms with Crippen molar-refractivity contribution in [2.75, 3.05) is 21.3 Å². The van der Waals surface area contributed by atoms with Crippen molar-refractivity contribution in [2.24, 2.45) is 0 Å². The van der Waals surface area contributed by atoms with Crippen molar-refractivity contribution >= 4 is 32.5 Å². The number of sulfonamides is 1. The van der Waals surface area contributed by atoms with Gasteiger partial charge in [0.1, 0.15) is 10.6 Å². The Labute approximate surface area is 214 Å². The van der Waals surface area contributed by atoms with Crippen molar-refractivity contribution in [1.29, 1.82) is 0 Å². The number of rotatable bonds is 9. The van der Waals surface area contributed by atoms with Crippen LogP contribution >= 0.6 is 11.6 Å². The summed E-state index contributed by atoms with van der Waals surface area (Å²) in [5, 5.41) is 0.767. The number of aromatic nitrogens is 1. The summed E-state index contributed by atoms with van der Waals surface area (Å²) in [4.78, 5) is 15.8. The molecule has 0 aliphatic carbocycles. The highest BCUT2D eigenvalue weighted by molar-refractivity contribution is 7.89. The van der Waals surface area contributed by atoms with Crippen LogP contribution in [0.25, 0.3) is 10.9 Å². The number of aromatic amines is 1. The van der Waals surface area contributed by atoms with E-state index in [-0.39, 0.29) is 28.6 Å². The Balaban J connectivity index is 1.79. The summed E-state index contributed by atoms with van der Waals surface area (Å²) in [5.74, 6) is 1.60. The summed E-state index contributed by atoms with van der Waals surface area (Å²) >= 11 is 6.25. The van der Waals surface area contributed by atoms with Gasteiger partial charge in [0.05, 0.1) is 31.9 Å². The third-order valence-electron chi connectivity index (χ3n) is 5.74. The molecule has 0 aliphatic rings. The minimum Gasteiger partial charge on any atom is -0.497 e. The second kappa shape index (κ2) is 10.6. The molecule has 0 spiro atoms. The molecule has 8 nitrogen and oxygen atoms in total. The first-order valence-electron chi connectivity index (χ1n) is 10.9. The monoisotopic (exact) mass is 528 g/mol. The van der Waals surface area contributed by atoms with E-state index in [9.17, 15) is 13.2 Å². The van der Waals surface area contributed by atoms with Crippen molar-refractivity contribution in [2.45, 2.75) is 18.0 Å². The lowest BCUT2D eigenvalue weighted by Gasteiger charge is -2.23. The van der Waals surface area contributed by atoms with Gasteiger partial charge in [0.25, 0.3) is 5.56 Å². The third kappa shape index (κ3) is 5.18. The average molecular weight is 529 g/mol. The maximum absolute atomic E-state index is 13.7. The predicted molar refractivity (Wildman–Crippen MR) is 139 cm³/mol. The van der Waals surface area contributed by atoms with E-state index in [1.54, 1.807) is 61.7 Å². The topological polar surface area (TPSA) is 97.9 Å². The summed E-state index contributed by atoms with van der Waals surface area (Å²) in [5.41, 5.74) is 1.11. The number of nitrogens with one attached hydrogen (secondary N) is 1. The number of hydrogen-bond acceptors (Lipinski definition) is 6. The smallest absolute Gasteiger partial charge is 0.252 e. The van der Waals surface area contributed by atoms with Gasteiger partial charge >= 0.3 is 0 Å². The van der Waals surface area contributed by atoms with Crippen LogP contribution in [-0.2, 0) is 23.1 Å². The van der Waals surface area contributed by atoms with Gasteiger partial charge in [-0.25, -0.2) is 8.42 Å². The van der Waals surface area contributed by atoms with Crippen molar-refractivity contribution in [1.82, 2.24) is 9.29 Å². The van der Waals surface area contributed by atoms with Crippen molar-refractivity contribution in [3.63, 3.8) is 0 Å². The summed E-state index contributed by atoms with van der Waals surface area (Å²) in [6.07, 6.45) is 0. The van der Waals surface area contributed by atoms with Crippen LogP contribution in [0.2, 0.25) is 5.02 Å². The molecule has 0 bridgehead atoms. The second-order valence-corrected chi connectivity index (χ2v) is 10.3. The van der Waals surface area contributed by atoms with Gasteiger partial charge in [0, 0.05) is 30.1 Å². The zero-order valence-electron chi connectivity index (χ0n) is 19.9. The van der Waals surface area contributed by atoms with E-state index >= 15 is 0 Å². The van der Waals surface area contributed by atoms with Gasteiger partial charge in [0.2, 0.25) is 10.0 Å². The highest BCUT2D eigenvalue weighted by Gasteiger charge is 2.28. The SMILES string of the molecule is COc1ccc(CN(Cc2cc3cc(OC)c(OC)cc3[nH]c2=O)S(=O)(=O)c2ccccc2Cl)cc1. The van der Waals surface area contributed by atoms with Crippen molar-refractivity contribution in [3.8, 4) is 17.2 Å². The number of pyridine rings is 1. The largest absolute Gasteiger partial charge is 0.497 e. The van der Waals surface area contributed by atoms with Gasteiger partial charge in [-0.1, -0.05) is 35.9 Å². The molecule has 0 atom stereocenters. The molecule has 10 heteroatoms. The molecule has 1 N–H and O–H groups in total. The van der Waals surface area contributed by atoms with Crippen LogP contribution in [-0.4, -0.2) is 39.0 Å². The molecular weight excluding hydrogens is 504 g/mol. The van der Waals surface area contributed by atoms with E-state index in [0.717, 1.165) is 5.56 Å². The first-order valence-corrected chi connectivity index (χ1v) is 12.7. The molecule has 4 aromatic rings. The summed E-state index contributed by atoms with van der Waals surface area (Å²) in [6, 6.07) is 18.3. The Bertz CT molecular complexity index is 1550. The highest BCUT2D eigenvalue weighted by atomic mass is 35.5. The fourth-order valence-electron chi connectivity index (χ4n) is 3.84. The Morgan fingerprint density at radius 1 is 0.861 bits per heavy atom. The van der Waals surface area contributed by atoms with Crippen molar-refractivity contribution < 1.29 is 22.6 Å². The molecule has 0 saturated heterocycles. The lowest BCUT2D eigenvalue weighted by Crippen LogP contribution is -2.32. The molecular formula is C26H25ClN2O6S. The van der Waals surface area contributed by atoms with Crippen molar-refractivity contribution in [3.05, 3.63) is 93.2 Å². The Kier molecular flexibility index (Phi) is 7.53. The number of benzene rings is 3. The number of nitrogens with zero attached hydrogens (tertiary/aromatic N) is 1. The number of ether oxygens (including phenoxy) is 3. The highest BCUT2D eigenvalue weighted by Crippen LogP contribution is 2.32. The van der Waals surface area contributed by atoms with E-state index < -0.39 is 15.6 Å². The minimum absolute atomic E-state index is 0.0148. The lowest BCUT2D eigenvalue weighted by molar-refractivity contribution is 0.355. The van der Waals surface area contributed by atoms with Gasteiger partial charge in [-0.15, -0.1) is 0 Å². The van der Waals surface area contributed by atoms with E-state index in [1.165, 1.54) is 30.7 Å². The minimum atomic E-state index is -4.06. The zero-order chi connectivity index (χ0) is 25.9. The average Bonchev–Trinajstić information content (AvgIpc) is 2.88. The lowest BCUT2D eigenvalue weighted by atomic mass is 10.1. The van der Waals surface area contributed by atoms with E-state index in [2.05, 4.69) is 4.98 Å². The summed E-state index contributed by atoms with van der Waals surface area (Å²) < 4.78 is 44.5. The molecule has 0 radical (unpaired) electrons. The summed E-state index contributed by atoms with van der Waals surface area (Å²) in [6.45, 7) is -0.167. The van der Waals surface area contributed by atoms with Gasteiger partial charge in [-0.05, 0) is 42.0 Å². The first-order chi connectivity index (χ1) is 17.3. The maximum atomic E-state index is 13.7. The Morgan fingerprint density at radius 3 is 2.17 bits per heavy atom. The predicted octanol–water partition coefficient (Wildman–Crippen LogP) is 4.60. The number of halogens is 1. The first kappa shape index (κ1) is 25.6. The number of methoxy groups -OCH3 is 3. The molecule has 3 aromatic carbocycles. The number of hydrogen-bond donors (Lipinski definition) is 1. The molecule has 4 rings (SSSR count). The molecule has 1 heterocycles. The molecule has 36 heavy (non-hydrogen) atoms. The van der Waals surface area contributed by atoms with Crippen LogP contribution in [0.15, 0.2) is 76.4 Å². The Hall–Kier alpha value is -3.53. The van der Waals surface area contributed by atoms with Crippen LogP contribution in [0, 0.1) is 0 Å².